The first-order valence-electron chi connectivity index (χ1n) is 8.86. The van der Waals surface area contributed by atoms with Gasteiger partial charge in [-0.15, -0.1) is 0 Å². The van der Waals surface area contributed by atoms with Gasteiger partial charge in [-0.25, -0.2) is 4.98 Å². The van der Waals surface area contributed by atoms with Crippen LogP contribution in [0.1, 0.15) is 54.9 Å². The van der Waals surface area contributed by atoms with E-state index in [0.29, 0.717) is 30.6 Å². The number of likely N-dealkylation sites (tertiary alicyclic amines) is 1. The molecule has 1 saturated heterocycles. The number of amides is 1. The SMILES string of the molecule is CC(C)Cc1cc(C(=O)N2CCC(C(O)c3nccn3C)CC2)on1. The van der Waals surface area contributed by atoms with Crippen LogP contribution in [-0.2, 0) is 13.5 Å². The third-order valence-electron chi connectivity index (χ3n) is 4.78. The van der Waals surface area contributed by atoms with Crippen LogP contribution in [0.15, 0.2) is 23.0 Å². The summed E-state index contributed by atoms with van der Waals surface area (Å²) in [5, 5.41) is 14.5. The fourth-order valence-electron chi connectivity index (χ4n) is 3.37. The molecule has 0 saturated carbocycles. The van der Waals surface area contributed by atoms with Gasteiger partial charge in [0.15, 0.2) is 0 Å². The second-order valence-electron chi connectivity index (χ2n) is 7.25. The maximum Gasteiger partial charge on any atom is 0.292 e. The summed E-state index contributed by atoms with van der Waals surface area (Å²) in [7, 11) is 1.88. The van der Waals surface area contributed by atoms with E-state index in [2.05, 4.69) is 24.0 Å². The van der Waals surface area contributed by atoms with Crippen molar-refractivity contribution in [3.63, 3.8) is 0 Å². The van der Waals surface area contributed by atoms with Crippen LogP contribution in [0.4, 0.5) is 0 Å². The number of aliphatic hydroxyl groups excluding tert-OH is 1. The number of hydrogen-bond donors (Lipinski definition) is 1. The second kappa shape index (κ2) is 7.39. The molecule has 1 amide bonds. The lowest BCUT2D eigenvalue weighted by Gasteiger charge is -2.33. The van der Waals surface area contributed by atoms with Crippen molar-refractivity contribution in [3.8, 4) is 0 Å². The van der Waals surface area contributed by atoms with Crippen LogP contribution < -0.4 is 0 Å². The third kappa shape index (κ3) is 3.92. The average molecular weight is 346 g/mol. The van der Waals surface area contributed by atoms with E-state index in [1.54, 1.807) is 17.2 Å². The lowest BCUT2D eigenvalue weighted by atomic mass is 9.90. The maximum absolute atomic E-state index is 12.6. The molecule has 1 unspecified atom stereocenters. The van der Waals surface area contributed by atoms with Crippen LogP contribution in [-0.4, -0.2) is 43.7 Å². The van der Waals surface area contributed by atoms with E-state index in [9.17, 15) is 9.90 Å². The highest BCUT2D eigenvalue weighted by atomic mass is 16.5. The van der Waals surface area contributed by atoms with E-state index >= 15 is 0 Å². The van der Waals surface area contributed by atoms with Crippen LogP contribution in [0.25, 0.3) is 0 Å². The third-order valence-corrected chi connectivity index (χ3v) is 4.78. The zero-order chi connectivity index (χ0) is 18.0. The number of aliphatic hydroxyl groups is 1. The Morgan fingerprint density at radius 1 is 1.40 bits per heavy atom. The van der Waals surface area contributed by atoms with Crippen molar-refractivity contribution in [1.29, 1.82) is 0 Å². The van der Waals surface area contributed by atoms with Crippen LogP contribution >= 0.6 is 0 Å². The molecule has 0 aliphatic carbocycles. The van der Waals surface area contributed by atoms with Crippen molar-refractivity contribution in [2.24, 2.45) is 18.9 Å². The Bertz CT molecular complexity index is 713. The molecule has 0 radical (unpaired) electrons. The van der Waals surface area contributed by atoms with E-state index in [-0.39, 0.29) is 11.8 Å². The first kappa shape index (κ1) is 17.7. The quantitative estimate of drug-likeness (QED) is 0.897. The second-order valence-corrected chi connectivity index (χ2v) is 7.25. The Kier molecular flexibility index (Phi) is 5.22. The largest absolute Gasteiger partial charge is 0.385 e. The van der Waals surface area contributed by atoms with E-state index in [4.69, 9.17) is 4.52 Å². The van der Waals surface area contributed by atoms with Crippen LogP contribution in [0.5, 0.6) is 0 Å². The van der Waals surface area contributed by atoms with Crippen LogP contribution in [0, 0.1) is 11.8 Å². The van der Waals surface area contributed by atoms with Gasteiger partial charge in [0.2, 0.25) is 5.76 Å². The highest BCUT2D eigenvalue weighted by molar-refractivity contribution is 5.91. The van der Waals surface area contributed by atoms with E-state index in [0.717, 1.165) is 25.0 Å². The smallest absolute Gasteiger partial charge is 0.292 e. The van der Waals surface area contributed by atoms with Crippen molar-refractivity contribution < 1.29 is 14.4 Å². The molecule has 1 N–H and O–H groups in total. The van der Waals surface area contributed by atoms with Crippen molar-refractivity contribution in [2.75, 3.05) is 13.1 Å². The molecular weight excluding hydrogens is 320 g/mol. The molecule has 0 bridgehead atoms. The number of aryl methyl sites for hydroxylation is 1. The number of aromatic nitrogens is 3. The Morgan fingerprint density at radius 2 is 2.12 bits per heavy atom. The number of hydrogen-bond acceptors (Lipinski definition) is 5. The van der Waals surface area contributed by atoms with Gasteiger partial charge in [0, 0.05) is 38.6 Å². The Balaban J connectivity index is 1.57. The van der Waals surface area contributed by atoms with Crippen molar-refractivity contribution in [2.45, 2.75) is 39.2 Å². The van der Waals surface area contributed by atoms with Crippen molar-refractivity contribution >= 4 is 5.91 Å². The number of rotatable bonds is 5. The lowest BCUT2D eigenvalue weighted by molar-refractivity contribution is 0.0398. The molecule has 1 fully saturated rings. The molecule has 7 heteroatoms. The molecule has 25 heavy (non-hydrogen) atoms. The molecule has 1 atom stereocenters. The standard InChI is InChI=1S/C18H26N4O3/c1-12(2)10-14-11-15(25-20-14)18(24)22-7-4-13(5-8-22)16(23)17-19-6-9-21(17)3/h6,9,11-13,16,23H,4-5,7-8,10H2,1-3H3. The molecule has 2 aromatic rings. The highest BCUT2D eigenvalue weighted by Gasteiger charge is 2.31. The fourth-order valence-corrected chi connectivity index (χ4v) is 3.37. The molecule has 7 nitrogen and oxygen atoms in total. The summed E-state index contributed by atoms with van der Waals surface area (Å²) in [5.41, 5.74) is 0.818. The molecule has 2 aromatic heterocycles. The zero-order valence-electron chi connectivity index (χ0n) is 15.1. The average Bonchev–Trinajstić information content (AvgIpc) is 3.22. The minimum absolute atomic E-state index is 0.108. The number of piperidine rings is 1. The van der Waals surface area contributed by atoms with Gasteiger partial charge in [0.25, 0.3) is 5.91 Å². The van der Waals surface area contributed by atoms with E-state index in [1.807, 2.05) is 17.8 Å². The first-order valence-corrected chi connectivity index (χ1v) is 8.86. The van der Waals surface area contributed by atoms with Gasteiger partial charge in [0.05, 0.1) is 5.69 Å². The number of imidazole rings is 1. The van der Waals surface area contributed by atoms with Gasteiger partial charge in [-0.05, 0) is 31.1 Å². The van der Waals surface area contributed by atoms with Gasteiger partial charge in [-0.2, -0.15) is 0 Å². The number of carbonyl (C=O) groups is 1. The van der Waals surface area contributed by atoms with Gasteiger partial charge < -0.3 is 19.1 Å². The maximum atomic E-state index is 12.6. The van der Waals surface area contributed by atoms with Crippen LogP contribution in [0.3, 0.4) is 0 Å². The summed E-state index contributed by atoms with van der Waals surface area (Å²) < 4.78 is 7.07. The summed E-state index contributed by atoms with van der Waals surface area (Å²) in [5.74, 6) is 1.44. The molecule has 3 heterocycles. The molecule has 136 valence electrons. The molecular formula is C18H26N4O3. The highest BCUT2D eigenvalue weighted by Crippen LogP contribution is 2.30. The molecule has 1 aliphatic heterocycles. The molecule has 0 aromatic carbocycles. The molecule has 1 aliphatic rings. The molecule has 0 spiro atoms. The number of nitrogens with zero attached hydrogens (tertiary/aromatic N) is 4. The summed E-state index contributed by atoms with van der Waals surface area (Å²) >= 11 is 0. The normalized spacial score (nSPS) is 17.2. The van der Waals surface area contributed by atoms with Gasteiger partial charge in [-0.3, -0.25) is 4.79 Å². The zero-order valence-corrected chi connectivity index (χ0v) is 15.1. The minimum Gasteiger partial charge on any atom is -0.385 e. The molecule has 3 rings (SSSR count). The monoisotopic (exact) mass is 346 g/mol. The van der Waals surface area contributed by atoms with Gasteiger partial charge in [0.1, 0.15) is 11.9 Å². The lowest BCUT2D eigenvalue weighted by Crippen LogP contribution is -2.39. The van der Waals surface area contributed by atoms with Crippen molar-refractivity contribution in [1.82, 2.24) is 19.6 Å². The summed E-state index contributed by atoms with van der Waals surface area (Å²) in [4.78, 5) is 18.6. The minimum atomic E-state index is -0.597. The fraction of sp³-hybridized carbons (Fsp3) is 0.611. The van der Waals surface area contributed by atoms with Crippen molar-refractivity contribution in [3.05, 3.63) is 35.7 Å². The Hall–Kier alpha value is -2.15. The number of carbonyl (C=O) groups excluding carboxylic acids is 1. The van der Waals surface area contributed by atoms with Crippen LogP contribution in [0.2, 0.25) is 0 Å². The summed E-state index contributed by atoms with van der Waals surface area (Å²) in [6.45, 7) is 5.41. The Morgan fingerprint density at radius 3 is 2.72 bits per heavy atom. The summed E-state index contributed by atoms with van der Waals surface area (Å²) in [6, 6.07) is 1.75. The Labute approximate surface area is 147 Å². The topological polar surface area (TPSA) is 84.4 Å². The van der Waals surface area contributed by atoms with E-state index in [1.165, 1.54) is 0 Å². The van der Waals surface area contributed by atoms with Gasteiger partial charge >= 0.3 is 0 Å². The summed E-state index contributed by atoms with van der Waals surface area (Å²) in [6.07, 6.45) is 5.21. The predicted octanol–water partition coefficient (Wildman–Crippen LogP) is 2.19. The predicted molar refractivity (Wildman–Crippen MR) is 91.8 cm³/mol. The first-order chi connectivity index (χ1) is 12.0. The van der Waals surface area contributed by atoms with E-state index < -0.39 is 6.10 Å². The van der Waals surface area contributed by atoms with Gasteiger partial charge in [-0.1, -0.05) is 19.0 Å².